The van der Waals surface area contributed by atoms with Crippen molar-refractivity contribution in [1.82, 2.24) is 15.1 Å². The summed E-state index contributed by atoms with van der Waals surface area (Å²) in [6.07, 6.45) is -3.23. The number of nitrogens with zero attached hydrogens (tertiary/aromatic N) is 2. The fourth-order valence-electron chi connectivity index (χ4n) is 3.37. The number of fused-ring (bicyclic) bond motifs is 1. The molecule has 6 nitrogen and oxygen atoms in total. The lowest BCUT2D eigenvalue weighted by molar-refractivity contribution is -0.173. The van der Waals surface area contributed by atoms with E-state index in [0.717, 1.165) is 15.8 Å². The number of furan rings is 1. The number of halogens is 3. The molecule has 2 atom stereocenters. The van der Waals surface area contributed by atoms with Crippen molar-refractivity contribution in [2.24, 2.45) is 0 Å². The molecule has 1 amide bonds. The van der Waals surface area contributed by atoms with Gasteiger partial charge in [0.1, 0.15) is 11.6 Å². The number of nitrogens with one attached hydrogen (secondary N) is 2. The highest BCUT2D eigenvalue weighted by molar-refractivity contribution is 5.93. The van der Waals surface area contributed by atoms with Gasteiger partial charge < -0.3 is 15.1 Å². The van der Waals surface area contributed by atoms with E-state index in [0.29, 0.717) is 5.76 Å². The van der Waals surface area contributed by atoms with Gasteiger partial charge in [0.05, 0.1) is 18.8 Å². The molecule has 0 saturated carbocycles. The summed E-state index contributed by atoms with van der Waals surface area (Å²) in [6, 6.07) is 9.69. The number of hydrogen-bond acceptors (Lipinski definition) is 4. The first kappa shape index (κ1) is 19.1. The topological polar surface area (TPSA) is 72.1 Å². The van der Waals surface area contributed by atoms with Crippen molar-refractivity contribution in [3.8, 4) is 0 Å². The van der Waals surface area contributed by atoms with Crippen LogP contribution in [-0.4, -0.2) is 21.9 Å². The summed E-state index contributed by atoms with van der Waals surface area (Å²) in [6.45, 7) is 2.04. The van der Waals surface area contributed by atoms with Crippen LogP contribution in [0.25, 0.3) is 0 Å². The van der Waals surface area contributed by atoms with E-state index in [2.05, 4.69) is 15.7 Å². The van der Waals surface area contributed by atoms with E-state index in [1.807, 2.05) is 31.2 Å². The molecule has 0 aliphatic carbocycles. The number of benzene rings is 1. The van der Waals surface area contributed by atoms with Crippen molar-refractivity contribution in [1.29, 1.82) is 0 Å². The largest absolute Gasteiger partial charge is 0.467 e. The Hall–Kier alpha value is -3.23. The Morgan fingerprint density at radius 3 is 2.72 bits per heavy atom. The van der Waals surface area contributed by atoms with Gasteiger partial charge in [0, 0.05) is 12.5 Å². The van der Waals surface area contributed by atoms with Gasteiger partial charge in [-0.3, -0.25) is 4.79 Å². The van der Waals surface area contributed by atoms with Gasteiger partial charge in [-0.25, -0.2) is 4.68 Å². The first-order valence-corrected chi connectivity index (χ1v) is 9.11. The lowest BCUT2D eigenvalue weighted by atomic mass is 9.96. The van der Waals surface area contributed by atoms with Crippen LogP contribution in [0.1, 0.15) is 45.9 Å². The monoisotopic (exact) mass is 404 g/mol. The molecule has 3 aromatic rings. The van der Waals surface area contributed by atoms with Crippen LogP contribution >= 0.6 is 0 Å². The first-order chi connectivity index (χ1) is 13.8. The van der Waals surface area contributed by atoms with E-state index in [4.69, 9.17) is 4.42 Å². The van der Waals surface area contributed by atoms with Crippen molar-refractivity contribution < 1.29 is 22.4 Å². The normalized spacial score (nSPS) is 18.8. The van der Waals surface area contributed by atoms with Gasteiger partial charge in [-0.05, 0) is 24.6 Å². The van der Waals surface area contributed by atoms with E-state index < -0.39 is 24.2 Å². The summed E-state index contributed by atoms with van der Waals surface area (Å²) in [5, 5.41) is 9.61. The molecule has 0 bridgehead atoms. The van der Waals surface area contributed by atoms with Crippen molar-refractivity contribution in [2.45, 2.75) is 38.1 Å². The lowest BCUT2D eigenvalue weighted by Gasteiger charge is -2.33. The fourth-order valence-corrected chi connectivity index (χ4v) is 3.37. The van der Waals surface area contributed by atoms with Gasteiger partial charge in [0.25, 0.3) is 5.91 Å². The lowest BCUT2D eigenvalue weighted by Crippen LogP contribution is -2.35. The second-order valence-corrected chi connectivity index (χ2v) is 7.02. The molecule has 3 heterocycles. The van der Waals surface area contributed by atoms with Crippen LogP contribution in [-0.2, 0) is 6.54 Å². The van der Waals surface area contributed by atoms with Gasteiger partial charge in [-0.2, -0.15) is 18.3 Å². The SMILES string of the molecule is Cc1ccc([C@H]2C[C@H](C(F)(F)F)n3nc(C(=O)NCc4ccco4)cc3N2)cc1. The number of aryl methyl sites for hydroxylation is 1. The zero-order valence-electron chi connectivity index (χ0n) is 15.5. The van der Waals surface area contributed by atoms with Crippen molar-refractivity contribution in [3.63, 3.8) is 0 Å². The highest BCUT2D eigenvalue weighted by Crippen LogP contribution is 2.43. The minimum absolute atomic E-state index is 0.0853. The number of anilines is 1. The molecule has 0 unspecified atom stereocenters. The summed E-state index contributed by atoms with van der Waals surface area (Å²) in [5.74, 6) is 0.123. The third kappa shape index (κ3) is 3.98. The van der Waals surface area contributed by atoms with Gasteiger partial charge in [-0.15, -0.1) is 0 Å². The Morgan fingerprint density at radius 1 is 1.31 bits per heavy atom. The second kappa shape index (κ2) is 7.31. The Balaban J connectivity index is 1.59. The Labute approximate surface area is 164 Å². The van der Waals surface area contributed by atoms with Crippen LogP contribution in [0.15, 0.2) is 53.1 Å². The molecule has 1 aromatic carbocycles. The predicted octanol–water partition coefficient (Wildman–Crippen LogP) is 4.37. The molecule has 0 radical (unpaired) electrons. The molecule has 2 N–H and O–H groups in total. The van der Waals surface area contributed by atoms with Gasteiger partial charge in [-0.1, -0.05) is 29.8 Å². The molecule has 152 valence electrons. The second-order valence-electron chi connectivity index (χ2n) is 7.02. The third-order valence-electron chi connectivity index (χ3n) is 4.91. The number of carbonyl (C=O) groups is 1. The minimum atomic E-state index is -4.49. The van der Waals surface area contributed by atoms with E-state index in [9.17, 15) is 18.0 Å². The maximum atomic E-state index is 13.7. The number of rotatable bonds is 4. The number of carbonyl (C=O) groups excluding carboxylic acids is 1. The molecule has 0 fully saturated rings. The van der Waals surface area contributed by atoms with Crippen LogP contribution in [0.4, 0.5) is 19.0 Å². The molecular formula is C20H19F3N4O2. The molecule has 2 aromatic heterocycles. The molecular weight excluding hydrogens is 385 g/mol. The molecule has 1 aliphatic rings. The smallest absolute Gasteiger partial charge is 0.410 e. The van der Waals surface area contributed by atoms with E-state index in [1.165, 1.54) is 12.3 Å². The zero-order chi connectivity index (χ0) is 20.6. The Bertz CT molecular complexity index is 994. The number of alkyl halides is 3. The average molecular weight is 404 g/mol. The Morgan fingerprint density at radius 2 is 2.07 bits per heavy atom. The summed E-state index contributed by atoms with van der Waals surface area (Å²) >= 11 is 0. The Kier molecular flexibility index (Phi) is 4.81. The van der Waals surface area contributed by atoms with Crippen LogP contribution in [0.3, 0.4) is 0 Å². The van der Waals surface area contributed by atoms with Crippen LogP contribution < -0.4 is 10.6 Å². The predicted molar refractivity (Wildman–Crippen MR) is 99.4 cm³/mol. The number of amides is 1. The van der Waals surface area contributed by atoms with Crippen molar-refractivity contribution in [3.05, 3.63) is 71.3 Å². The van der Waals surface area contributed by atoms with E-state index >= 15 is 0 Å². The number of hydrogen-bond donors (Lipinski definition) is 2. The quantitative estimate of drug-likeness (QED) is 0.677. The molecule has 9 heteroatoms. The van der Waals surface area contributed by atoms with Crippen LogP contribution in [0.5, 0.6) is 0 Å². The van der Waals surface area contributed by atoms with E-state index in [1.54, 1.807) is 12.1 Å². The molecule has 0 spiro atoms. The minimum Gasteiger partial charge on any atom is -0.467 e. The summed E-state index contributed by atoms with van der Waals surface area (Å²) in [7, 11) is 0. The number of aromatic nitrogens is 2. The molecule has 0 saturated heterocycles. The van der Waals surface area contributed by atoms with Crippen molar-refractivity contribution >= 4 is 11.7 Å². The van der Waals surface area contributed by atoms with Gasteiger partial charge >= 0.3 is 6.18 Å². The van der Waals surface area contributed by atoms with Gasteiger partial charge in [0.15, 0.2) is 11.7 Å². The van der Waals surface area contributed by atoms with E-state index in [-0.39, 0.29) is 24.5 Å². The molecule has 4 rings (SSSR count). The zero-order valence-corrected chi connectivity index (χ0v) is 15.5. The average Bonchev–Trinajstić information content (AvgIpc) is 3.34. The summed E-state index contributed by atoms with van der Waals surface area (Å²) in [5.41, 5.74) is 1.69. The standard InChI is InChI=1S/C20H19F3N4O2/c1-12-4-6-13(7-5-12)15-9-17(20(21,22)23)27-18(25-15)10-16(26-27)19(28)24-11-14-3-2-8-29-14/h2-8,10,15,17,25H,9,11H2,1H3,(H,24,28)/t15-,17-/m1/s1. The third-order valence-corrected chi connectivity index (χ3v) is 4.91. The summed E-state index contributed by atoms with van der Waals surface area (Å²) in [4.78, 5) is 12.4. The van der Waals surface area contributed by atoms with Gasteiger partial charge in [0.2, 0.25) is 0 Å². The molecule has 29 heavy (non-hydrogen) atoms. The van der Waals surface area contributed by atoms with Crippen molar-refractivity contribution in [2.75, 3.05) is 5.32 Å². The highest BCUT2D eigenvalue weighted by Gasteiger charge is 2.46. The molecule has 1 aliphatic heterocycles. The first-order valence-electron chi connectivity index (χ1n) is 9.11. The maximum Gasteiger partial charge on any atom is 0.410 e. The highest BCUT2D eigenvalue weighted by atomic mass is 19.4. The van der Waals surface area contributed by atoms with Crippen LogP contribution in [0, 0.1) is 6.92 Å². The fraction of sp³-hybridized carbons (Fsp3) is 0.300. The maximum absolute atomic E-state index is 13.7. The summed E-state index contributed by atoms with van der Waals surface area (Å²) < 4.78 is 47.1. The van der Waals surface area contributed by atoms with Crippen LogP contribution in [0.2, 0.25) is 0 Å².